The minimum atomic E-state index is 0.444. The molecule has 0 bridgehead atoms. The van der Waals surface area contributed by atoms with Gasteiger partial charge in [-0.1, -0.05) is 20.8 Å². The van der Waals surface area contributed by atoms with E-state index in [2.05, 4.69) is 56.6 Å². The summed E-state index contributed by atoms with van der Waals surface area (Å²) in [6.07, 6.45) is 2.77. The van der Waals surface area contributed by atoms with Gasteiger partial charge in [-0.15, -0.1) is 0 Å². The van der Waals surface area contributed by atoms with Crippen molar-refractivity contribution in [3.05, 3.63) is 0 Å². The summed E-state index contributed by atoms with van der Waals surface area (Å²) in [7, 11) is 0. The van der Waals surface area contributed by atoms with E-state index < -0.39 is 0 Å². The topological polar surface area (TPSA) is 15.3 Å². The largest absolute Gasteiger partial charge is 0.313 e. The molecule has 2 nitrogen and oxygen atoms in total. The first-order valence-corrected chi connectivity index (χ1v) is 8.92. The average molecular weight is 285 g/mol. The summed E-state index contributed by atoms with van der Waals surface area (Å²) in [5.41, 5.74) is 0.473. The Morgan fingerprint density at radius 3 is 2.63 bits per heavy atom. The minimum Gasteiger partial charge on any atom is -0.313 e. The predicted molar refractivity (Wildman–Crippen MR) is 86.9 cm³/mol. The summed E-state index contributed by atoms with van der Waals surface area (Å²) in [4.78, 5) is 2.72. The van der Waals surface area contributed by atoms with Crippen LogP contribution < -0.4 is 5.32 Å². The van der Waals surface area contributed by atoms with Gasteiger partial charge >= 0.3 is 0 Å². The number of nitrogens with one attached hydrogen (secondary N) is 1. The Balaban J connectivity index is 1.94. The van der Waals surface area contributed by atoms with Crippen molar-refractivity contribution in [2.75, 3.05) is 31.9 Å². The standard InChI is InChI=1S/C16H32N2S/c1-6-17-14-13(7-8-15(14,2)3)11-18-9-10-19-16(4,5)12-18/h13-14,17H,6-12H2,1-5H3. The van der Waals surface area contributed by atoms with E-state index in [1.54, 1.807) is 0 Å². The zero-order valence-electron chi connectivity index (χ0n) is 13.5. The summed E-state index contributed by atoms with van der Waals surface area (Å²) in [6.45, 7) is 16.8. The molecule has 1 heterocycles. The quantitative estimate of drug-likeness (QED) is 0.853. The molecule has 19 heavy (non-hydrogen) atoms. The maximum absolute atomic E-state index is 3.76. The molecule has 3 heteroatoms. The van der Waals surface area contributed by atoms with E-state index in [-0.39, 0.29) is 0 Å². The van der Waals surface area contributed by atoms with Gasteiger partial charge < -0.3 is 10.2 Å². The Bertz CT molecular complexity index is 301. The van der Waals surface area contributed by atoms with Gasteiger partial charge in [-0.3, -0.25) is 0 Å². The van der Waals surface area contributed by atoms with Gasteiger partial charge in [0, 0.05) is 36.2 Å². The average Bonchev–Trinajstić information content (AvgIpc) is 2.56. The third-order valence-electron chi connectivity index (χ3n) is 4.89. The van der Waals surface area contributed by atoms with Crippen LogP contribution in [0, 0.1) is 11.3 Å². The number of nitrogens with zero attached hydrogens (tertiary/aromatic N) is 1. The van der Waals surface area contributed by atoms with Gasteiger partial charge in [0.2, 0.25) is 0 Å². The molecule has 0 aromatic carbocycles. The first-order valence-electron chi connectivity index (χ1n) is 7.94. The molecule has 0 spiro atoms. The Morgan fingerprint density at radius 2 is 2.00 bits per heavy atom. The van der Waals surface area contributed by atoms with Crippen LogP contribution in [0.3, 0.4) is 0 Å². The lowest BCUT2D eigenvalue weighted by Crippen LogP contribution is -2.49. The first-order chi connectivity index (χ1) is 8.84. The Kier molecular flexibility index (Phi) is 4.90. The van der Waals surface area contributed by atoms with Gasteiger partial charge in [0.15, 0.2) is 0 Å². The lowest BCUT2D eigenvalue weighted by atomic mass is 9.84. The Labute approximate surface area is 124 Å². The van der Waals surface area contributed by atoms with E-state index in [1.807, 2.05) is 0 Å². The molecular formula is C16H32N2S. The highest BCUT2D eigenvalue weighted by Gasteiger charge is 2.42. The summed E-state index contributed by atoms with van der Waals surface area (Å²) < 4.78 is 0.444. The van der Waals surface area contributed by atoms with Crippen molar-refractivity contribution < 1.29 is 0 Å². The van der Waals surface area contributed by atoms with E-state index in [0.717, 1.165) is 12.5 Å². The van der Waals surface area contributed by atoms with Crippen molar-refractivity contribution in [3.63, 3.8) is 0 Å². The van der Waals surface area contributed by atoms with Crippen molar-refractivity contribution in [1.82, 2.24) is 10.2 Å². The molecular weight excluding hydrogens is 252 g/mol. The zero-order valence-corrected chi connectivity index (χ0v) is 14.3. The summed E-state index contributed by atoms with van der Waals surface area (Å²) >= 11 is 2.14. The fraction of sp³-hybridized carbons (Fsp3) is 1.00. The minimum absolute atomic E-state index is 0.444. The van der Waals surface area contributed by atoms with E-state index in [1.165, 1.54) is 38.2 Å². The monoisotopic (exact) mass is 284 g/mol. The van der Waals surface area contributed by atoms with Crippen LogP contribution in [-0.4, -0.2) is 47.6 Å². The van der Waals surface area contributed by atoms with Crippen LogP contribution in [0.1, 0.15) is 47.5 Å². The van der Waals surface area contributed by atoms with Crippen LogP contribution in [0.15, 0.2) is 0 Å². The molecule has 2 atom stereocenters. The molecule has 0 radical (unpaired) electrons. The molecule has 0 aromatic rings. The van der Waals surface area contributed by atoms with Gasteiger partial charge in [0.25, 0.3) is 0 Å². The highest BCUT2D eigenvalue weighted by Crippen LogP contribution is 2.42. The molecule has 2 rings (SSSR count). The third kappa shape index (κ3) is 3.89. The van der Waals surface area contributed by atoms with E-state index in [0.29, 0.717) is 16.2 Å². The lowest BCUT2D eigenvalue weighted by molar-refractivity contribution is 0.179. The Morgan fingerprint density at radius 1 is 1.26 bits per heavy atom. The van der Waals surface area contributed by atoms with Crippen LogP contribution in [0.5, 0.6) is 0 Å². The molecule has 112 valence electrons. The molecule has 1 saturated heterocycles. The molecule has 1 aliphatic carbocycles. The zero-order chi connectivity index (χ0) is 14.1. The summed E-state index contributed by atoms with van der Waals surface area (Å²) in [6, 6.07) is 0.704. The second-order valence-corrected chi connectivity index (χ2v) is 9.47. The number of rotatable bonds is 4. The molecule has 2 fully saturated rings. The van der Waals surface area contributed by atoms with Crippen LogP contribution >= 0.6 is 11.8 Å². The van der Waals surface area contributed by atoms with Crippen LogP contribution in [0.25, 0.3) is 0 Å². The van der Waals surface area contributed by atoms with Gasteiger partial charge in [-0.05, 0) is 44.6 Å². The van der Waals surface area contributed by atoms with E-state index in [9.17, 15) is 0 Å². The van der Waals surface area contributed by atoms with Crippen LogP contribution in [0.4, 0.5) is 0 Å². The summed E-state index contributed by atoms with van der Waals surface area (Å²) in [5, 5.41) is 3.76. The molecule has 1 aliphatic heterocycles. The highest BCUT2D eigenvalue weighted by atomic mass is 32.2. The molecule has 1 saturated carbocycles. The van der Waals surface area contributed by atoms with Crippen molar-refractivity contribution in [1.29, 1.82) is 0 Å². The second-order valence-electron chi connectivity index (χ2n) is 7.67. The molecule has 2 aliphatic rings. The molecule has 0 aromatic heterocycles. The normalized spacial score (nSPS) is 34.6. The van der Waals surface area contributed by atoms with Crippen LogP contribution in [-0.2, 0) is 0 Å². The first kappa shape index (κ1) is 15.7. The van der Waals surface area contributed by atoms with Gasteiger partial charge in [-0.25, -0.2) is 0 Å². The van der Waals surface area contributed by atoms with E-state index in [4.69, 9.17) is 0 Å². The smallest absolute Gasteiger partial charge is 0.0231 e. The van der Waals surface area contributed by atoms with Crippen molar-refractivity contribution in [2.45, 2.75) is 58.2 Å². The lowest BCUT2D eigenvalue weighted by Gasteiger charge is -2.40. The molecule has 2 unspecified atom stereocenters. The van der Waals surface area contributed by atoms with Gasteiger partial charge in [0.05, 0.1) is 0 Å². The molecule has 0 amide bonds. The van der Waals surface area contributed by atoms with Gasteiger partial charge in [-0.2, -0.15) is 11.8 Å². The number of hydrogen-bond donors (Lipinski definition) is 1. The van der Waals surface area contributed by atoms with Crippen molar-refractivity contribution >= 4 is 11.8 Å². The summed E-state index contributed by atoms with van der Waals surface area (Å²) in [5.74, 6) is 2.14. The Hall–Kier alpha value is 0.270. The SMILES string of the molecule is CCNC1C(CN2CCSC(C)(C)C2)CCC1(C)C. The fourth-order valence-electron chi connectivity index (χ4n) is 3.98. The molecule has 1 N–H and O–H groups in total. The van der Waals surface area contributed by atoms with Crippen molar-refractivity contribution in [2.24, 2.45) is 11.3 Å². The predicted octanol–water partition coefficient (Wildman–Crippen LogP) is 3.23. The number of thioether (sulfide) groups is 1. The third-order valence-corrected chi connectivity index (χ3v) is 6.19. The fourth-order valence-corrected chi connectivity index (χ4v) is 5.15. The number of hydrogen-bond acceptors (Lipinski definition) is 3. The second kappa shape index (κ2) is 5.95. The van der Waals surface area contributed by atoms with Crippen molar-refractivity contribution in [3.8, 4) is 0 Å². The van der Waals surface area contributed by atoms with Gasteiger partial charge in [0.1, 0.15) is 0 Å². The maximum atomic E-state index is 3.76. The maximum Gasteiger partial charge on any atom is 0.0231 e. The van der Waals surface area contributed by atoms with E-state index >= 15 is 0 Å². The highest BCUT2D eigenvalue weighted by molar-refractivity contribution is 8.00. The van der Waals surface area contributed by atoms with Crippen LogP contribution in [0.2, 0.25) is 0 Å².